The largest absolute Gasteiger partial charge is 0.241 e. The van der Waals surface area contributed by atoms with Crippen LogP contribution in [0.5, 0.6) is 0 Å². The number of sulfonamides is 1. The van der Waals surface area contributed by atoms with Gasteiger partial charge in [-0.2, -0.15) is 0 Å². The molecule has 4 unspecified atom stereocenters. The van der Waals surface area contributed by atoms with Gasteiger partial charge in [0.15, 0.2) is 0 Å². The molecule has 0 amide bonds. The first-order valence-electron chi connectivity index (χ1n) is 7.34. The van der Waals surface area contributed by atoms with E-state index in [1.165, 1.54) is 25.7 Å². The van der Waals surface area contributed by atoms with E-state index in [-0.39, 0.29) is 6.04 Å². The molecule has 0 aliphatic heterocycles. The second-order valence-corrected chi connectivity index (χ2v) is 9.78. The van der Waals surface area contributed by atoms with Crippen LogP contribution in [0.3, 0.4) is 0 Å². The first-order valence-corrected chi connectivity index (χ1v) is 10.4. The first-order chi connectivity index (χ1) is 9.87. The molecule has 0 heterocycles. The maximum absolute atomic E-state index is 12.6. The highest BCUT2D eigenvalue weighted by Gasteiger charge is 2.42. The summed E-state index contributed by atoms with van der Waals surface area (Å²) in [5, 5.41) is 0. The van der Waals surface area contributed by atoms with E-state index in [9.17, 15) is 8.42 Å². The molecule has 0 radical (unpaired) electrons. The highest BCUT2D eigenvalue weighted by atomic mass is 79.9. The predicted molar refractivity (Wildman–Crippen MR) is 90.6 cm³/mol. The molecule has 3 nitrogen and oxygen atoms in total. The maximum Gasteiger partial charge on any atom is 0.241 e. The number of hydrogen-bond donors (Lipinski definition) is 1. The number of rotatable bonds is 4. The lowest BCUT2D eigenvalue weighted by Gasteiger charge is -2.28. The molecule has 4 atom stereocenters. The van der Waals surface area contributed by atoms with Crippen molar-refractivity contribution in [1.82, 2.24) is 4.72 Å². The third-order valence-electron chi connectivity index (χ3n) is 4.96. The van der Waals surface area contributed by atoms with Crippen molar-refractivity contribution < 1.29 is 8.42 Å². The number of fused-ring (bicyclic) bond motifs is 2. The quantitative estimate of drug-likeness (QED) is 0.763. The summed E-state index contributed by atoms with van der Waals surface area (Å²) in [6.45, 7) is 2.01. The van der Waals surface area contributed by atoms with E-state index < -0.39 is 10.0 Å². The summed E-state index contributed by atoms with van der Waals surface area (Å²) < 4.78 is 29.5. The predicted octanol–water partition coefficient (Wildman–Crippen LogP) is 4.31. The number of nitrogens with one attached hydrogen (secondary N) is 1. The van der Waals surface area contributed by atoms with Gasteiger partial charge in [-0.15, -0.1) is 0 Å². The van der Waals surface area contributed by atoms with Gasteiger partial charge in [0.1, 0.15) is 0 Å². The molecule has 2 saturated carbocycles. The molecule has 1 N–H and O–H groups in total. The van der Waals surface area contributed by atoms with Gasteiger partial charge in [0.2, 0.25) is 10.0 Å². The Morgan fingerprint density at radius 2 is 2.00 bits per heavy atom. The lowest BCUT2D eigenvalue weighted by atomic mass is 9.84. The van der Waals surface area contributed by atoms with Gasteiger partial charge >= 0.3 is 0 Å². The summed E-state index contributed by atoms with van der Waals surface area (Å²) in [6.07, 6.45) is 5.07. The highest BCUT2D eigenvalue weighted by Crippen LogP contribution is 2.49. The minimum atomic E-state index is -3.48. The lowest BCUT2D eigenvalue weighted by molar-refractivity contribution is 0.280. The van der Waals surface area contributed by atoms with E-state index in [2.05, 4.69) is 36.6 Å². The Labute approximate surface area is 143 Å². The topological polar surface area (TPSA) is 46.2 Å². The number of halogens is 2. The smallest absolute Gasteiger partial charge is 0.208 e. The van der Waals surface area contributed by atoms with Gasteiger partial charge in [0, 0.05) is 15.0 Å². The van der Waals surface area contributed by atoms with Crippen LogP contribution in [0.15, 0.2) is 32.0 Å². The van der Waals surface area contributed by atoms with Crippen LogP contribution in [0.4, 0.5) is 0 Å². The van der Waals surface area contributed by atoms with Crippen LogP contribution >= 0.6 is 31.9 Å². The average Bonchev–Trinajstić information content (AvgIpc) is 2.99. The van der Waals surface area contributed by atoms with Gasteiger partial charge in [0.25, 0.3) is 0 Å². The fourth-order valence-corrected chi connectivity index (χ4v) is 7.04. The fraction of sp³-hybridized carbons (Fsp3) is 0.600. The van der Waals surface area contributed by atoms with Gasteiger partial charge in [0.05, 0.1) is 4.90 Å². The van der Waals surface area contributed by atoms with Crippen LogP contribution in [0.2, 0.25) is 0 Å². The molecule has 2 fully saturated rings. The van der Waals surface area contributed by atoms with Crippen molar-refractivity contribution in [2.24, 2.45) is 17.8 Å². The zero-order valence-electron chi connectivity index (χ0n) is 11.9. The Morgan fingerprint density at radius 1 is 1.24 bits per heavy atom. The summed E-state index contributed by atoms with van der Waals surface area (Å²) in [5.41, 5.74) is 0. The van der Waals surface area contributed by atoms with E-state index in [0.717, 1.165) is 10.4 Å². The Kier molecular flexibility index (Phi) is 4.52. The van der Waals surface area contributed by atoms with Crippen molar-refractivity contribution >= 4 is 41.9 Å². The summed E-state index contributed by atoms with van der Waals surface area (Å²) in [4.78, 5) is 0.306. The number of hydrogen-bond acceptors (Lipinski definition) is 2. The second kappa shape index (κ2) is 5.95. The molecule has 2 aliphatic rings. The first kappa shape index (κ1) is 16.0. The summed E-state index contributed by atoms with van der Waals surface area (Å²) >= 11 is 6.68. The van der Waals surface area contributed by atoms with Crippen molar-refractivity contribution in [2.75, 3.05) is 0 Å². The summed E-state index contributed by atoms with van der Waals surface area (Å²) in [6, 6.07) is 5.14. The Hall–Kier alpha value is 0.0900. The summed E-state index contributed by atoms with van der Waals surface area (Å²) in [5.74, 6) is 2.03. The molecular weight excluding hydrogens is 418 g/mol. The van der Waals surface area contributed by atoms with Gasteiger partial charge in [-0.1, -0.05) is 22.4 Å². The van der Waals surface area contributed by atoms with Gasteiger partial charge in [-0.25, -0.2) is 13.1 Å². The van der Waals surface area contributed by atoms with Gasteiger partial charge in [-0.05, 0) is 78.1 Å². The highest BCUT2D eigenvalue weighted by molar-refractivity contribution is 9.11. The maximum atomic E-state index is 12.6. The SMILES string of the molecule is CC(NS(=O)(=O)c1ccc(Br)cc1Br)C1CC2CCC1C2. The van der Waals surface area contributed by atoms with Crippen LogP contribution in [0.1, 0.15) is 32.6 Å². The summed E-state index contributed by atoms with van der Waals surface area (Å²) in [7, 11) is -3.48. The van der Waals surface area contributed by atoms with Gasteiger partial charge < -0.3 is 0 Å². The molecule has 1 aromatic carbocycles. The third-order valence-corrected chi connectivity index (χ3v) is 7.99. The molecule has 3 rings (SSSR count). The zero-order valence-corrected chi connectivity index (χ0v) is 15.8. The van der Waals surface area contributed by atoms with Crippen LogP contribution in [-0.4, -0.2) is 14.5 Å². The van der Waals surface area contributed by atoms with Crippen LogP contribution < -0.4 is 4.72 Å². The van der Waals surface area contributed by atoms with Crippen LogP contribution in [-0.2, 0) is 10.0 Å². The van der Waals surface area contributed by atoms with Crippen molar-refractivity contribution in [1.29, 1.82) is 0 Å². The van der Waals surface area contributed by atoms with E-state index in [4.69, 9.17) is 0 Å². The third kappa shape index (κ3) is 3.23. The Bertz CT molecular complexity index is 647. The van der Waals surface area contributed by atoms with E-state index >= 15 is 0 Å². The average molecular weight is 437 g/mol. The minimum absolute atomic E-state index is 0.000784. The lowest BCUT2D eigenvalue weighted by Crippen LogP contribution is -2.40. The molecule has 2 aliphatic carbocycles. The molecule has 116 valence electrons. The van der Waals surface area contributed by atoms with Crippen molar-refractivity contribution in [3.05, 3.63) is 27.1 Å². The van der Waals surface area contributed by atoms with E-state index in [1.807, 2.05) is 6.92 Å². The van der Waals surface area contributed by atoms with E-state index in [1.54, 1.807) is 18.2 Å². The molecule has 0 aromatic heterocycles. The molecule has 2 bridgehead atoms. The Balaban J connectivity index is 1.76. The Morgan fingerprint density at radius 3 is 2.57 bits per heavy atom. The van der Waals surface area contributed by atoms with Crippen molar-refractivity contribution in [3.8, 4) is 0 Å². The van der Waals surface area contributed by atoms with Crippen molar-refractivity contribution in [3.63, 3.8) is 0 Å². The second-order valence-electron chi connectivity index (χ2n) is 6.32. The molecule has 0 spiro atoms. The zero-order chi connectivity index (χ0) is 15.2. The van der Waals surface area contributed by atoms with E-state index in [0.29, 0.717) is 21.2 Å². The monoisotopic (exact) mass is 435 g/mol. The standard InChI is InChI=1S/C15H19Br2NO2S/c1-9(13-7-10-2-3-11(13)6-10)18-21(19,20)15-5-4-12(16)8-14(15)17/h4-5,8-11,13,18H,2-3,6-7H2,1H3. The van der Waals surface area contributed by atoms with Gasteiger partial charge in [-0.3, -0.25) is 0 Å². The van der Waals surface area contributed by atoms with Crippen LogP contribution in [0, 0.1) is 17.8 Å². The minimum Gasteiger partial charge on any atom is -0.208 e. The van der Waals surface area contributed by atoms with Crippen molar-refractivity contribution in [2.45, 2.75) is 43.5 Å². The molecule has 21 heavy (non-hydrogen) atoms. The molecule has 6 heteroatoms. The molecule has 1 aromatic rings. The molecular formula is C15H19Br2NO2S. The molecule has 0 saturated heterocycles. The fourth-order valence-electron chi connectivity index (χ4n) is 4.00. The van der Waals surface area contributed by atoms with Crippen LogP contribution in [0.25, 0.3) is 0 Å². The normalized spacial score (nSPS) is 29.8. The number of benzene rings is 1.